The summed E-state index contributed by atoms with van der Waals surface area (Å²) in [6.07, 6.45) is 0. The number of carbonyl (C=O) groups excluding carboxylic acids is 2. The van der Waals surface area contributed by atoms with Gasteiger partial charge in [-0.15, -0.1) is 10.2 Å². The molecule has 0 atom stereocenters. The van der Waals surface area contributed by atoms with Gasteiger partial charge in [-0.2, -0.15) is 9.61 Å². The maximum atomic E-state index is 12.6. The third-order valence-corrected chi connectivity index (χ3v) is 5.63. The summed E-state index contributed by atoms with van der Waals surface area (Å²) in [5.74, 6) is 0.732. The summed E-state index contributed by atoms with van der Waals surface area (Å²) >= 11 is 1.27. The number of aromatic nitrogens is 4. The summed E-state index contributed by atoms with van der Waals surface area (Å²) in [6, 6.07) is 17.9. The second kappa shape index (κ2) is 10.8. The van der Waals surface area contributed by atoms with Crippen molar-refractivity contribution in [1.82, 2.24) is 19.8 Å². The van der Waals surface area contributed by atoms with Gasteiger partial charge in [0, 0.05) is 5.56 Å². The van der Waals surface area contributed by atoms with Gasteiger partial charge < -0.3 is 14.8 Å². The number of hydrogen-bond acceptors (Lipinski definition) is 8. The summed E-state index contributed by atoms with van der Waals surface area (Å²) in [5.41, 5.74) is 2.17. The maximum Gasteiger partial charge on any atom is 0.340 e. The van der Waals surface area contributed by atoms with Crippen molar-refractivity contribution in [3.05, 3.63) is 66.2 Å². The monoisotopic (exact) mass is 477 g/mol. The zero-order chi connectivity index (χ0) is 23.9. The molecule has 0 aliphatic rings. The quantitative estimate of drug-likeness (QED) is 0.284. The number of ether oxygens (including phenoxy) is 2. The SMILES string of the molecule is CCOC(=O)c1ccccc1NC(=O)CSc1ccc2nnc(-c3ccc(OCC)cc3)n2n1. The van der Waals surface area contributed by atoms with Crippen LogP contribution < -0.4 is 10.1 Å². The number of benzene rings is 2. The van der Waals surface area contributed by atoms with E-state index in [1.807, 2.05) is 31.2 Å². The molecule has 0 radical (unpaired) electrons. The maximum absolute atomic E-state index is 12.6. The van der Waals surface area contributed by atoms with Crippen LogP contribution in [0.4, 0.5) is 5.69 Å². The Hall–Kier alpha value is -3.92. The Bertz CT molecular complexity index is 1310. The van der Waals surface area contributed by atoms with E-state index >= 15 is 0 Å². The van der Waals surface area contributed by atoms with Crippen LogP contribution >= 0.6 is 11.8 Å². The number of hydrogen-bond donors (Lipinski definition) is 1. The van der Waals surface area contributed by atoms with E-state index < -0.39 is 5.97 Å². The average molecular weight is 478 g/mol. The lowest BCUT2D eigenvalue weighted by molar-refractivity contribution is -0.113. The highest BCUT2D eigenvalue weighted by molar-refractivity contribution is 7.99. The van der Waals surface area contributed by atoms with Crippen LogP contribution in [0.3, 0.4) is 0 Å². The van der Waals surface area contributed by atoms with E-state index in [1.165, 1.54) is 11.8 Å². The Labute approximate surface area is 200 Å². The lowest BCUT2D eigenvalue weighted by atomic mass is 10.2. The molecule has 4 aromatic rings. The van der Waals surface area contributed by atoms with Crippen LogP contribution in [-0.2, 0) is 9.53 Å². The largest absolute Gasteiger partial charge is 0.494 e. The lowest BCUT2D eigenvalue weighted by Gasteiger charge is -2.10. The fourth-order valence-corrected chi connectivity index (χ4v) is 3.86. The van der Waals surface area contributed by atoms with Crippen molar-refractivity contribution in [2.75, 3.05) is 24.3 Å². The Balaban J connectivity index is 1.46. The minimum Gasteiger partial charge on any atom is -0.494 e. The number of nitrogens with one attached hydrogen (secondary N) is 1. The predicted octanol–water partition coefficient (Wildman–Crippen LogP) is 4.10. The third-order valence-electron chi connectivity index (χ3n) is 4.71. The van der Waals surface area contributed by atoms with Gasteiger partial charge in [-0.25, -0.2) is 4.79 Å². The van der Waals surface area contributed by atoms with Crippen molar-refractivity contribution in [3.8, 4) is 17.1 Å². The number of esters is 1. The molecule has 0 saturated carbocycles. The van der Waals surface area contributed by atoms with Gasteiger partial charge >= 0.3 is 5.97 Å². The molecule has 0 aliphatic carbocycles. The summed E-state index contributed by atoms with van der Waals surface area (Å²) in [4.78, 5) is 24.7. The number of amides is 1. The van der Waals surface area contributed by atoms with Crippen molar-refractivity contribution in [1.29, 1.82) is 0 Å². The molecule has 0 fully saturated rings. The second-order valence-electron chi connectivity index (χ2n) is 7.03. The smallest absolute Gasteiger partial charge is 0.340 e. The minimum absolute atomic E-state index is 0.107. The van der Waals surface area contributed by atoms with Gasteiger partial charge in [-0.3, -0.25) is 4.79 Å². The Kier molecular flexibility index (Phi) is 7.38. The molecule has 4 rings (SSSR count). The van der Waals surface area contributed by atoms with Crippen molar-refractivity contribution < 1.29 is 19.1 Å². The Morgan fingerprint density at radius 1 is 0.971 bits per heavy atom. The van der Waals surface area contributed by atoms with Crippen molar-refractivity contribution in [3.63, 3.8) is 0 Å². The molecule has 2 aromatic heterocycles. The van der Waals surface area contributed by atoms with Crippen LogP contribution in [0.5, 0.6) is 5.75 Å². The standard InChI is InChI=1S/C24H23N5O4S/c1-3-32-17-11-9-16(10-12-17)23-27-26-20-13-14-22(28-29(20)23)34-15-21(30)25-19-8-6-5-7-18(19)24(31)33-4-2/h5-14H,3-4,15H2,1-2H3,(H,25,30). The Morgan fingerprint density at radius 3 is 2.53 bits per heavy atom. The van der Waals surface area contributed by atoms with E-state index in [2.05, 4.69) is 20.6 Å². The van der Waals surface area contributed by atoms with E-state index in [4.69, 9.17) is 9.47 Å². The van der Waals surface area contributed by atoms with Crippen LogP contribution in [0.2, 0.25) is 0 Å². The first-order valence-corrected chi connectivity index (χ1v) is 11.7. The number of anilines is 1. The molecule has 2 heterocycles. The summed E-state index contributed by atoms with van der Waals surface area (Å²) in [5, 5.41) is 16.4. The molecule has 10 heteroatoms. The summed E-state index contributed by atoms with van der Waals surface area (Å²) in [6.45, 7) is 4.52. The highest BCUT2D eigenvalue weighted by atomic mass is 32.2. The molecule has 174 valence electrons. The molecule has 0 saturated heterocycles. The first kappa shape index (κ1) is 23.2. The van der Waals surface area contributed by atoms with E-state index in [0.717, 1.165) is 11.3 Å². The number of carbonyl (C=O) groups is 2. The van der Waals surface area contributed by atoms with Gasteiger partial charge in [-0.1, -0.05) is 23.9 Å². The second-order valence-corrected chi connectivity index (χ2v) is 8.02. The van der Waals surface area contributed by atoms with Gasteiger partial charge in [0.2, 0.25) is 5.91 Å². The van der Waals surface area contributed by atoms with Crippen LogP contribution in [0.1, 0.15) is 24.2 Å². The van der Waals surface area contributed by atoms with E-state index in [-0.39, 0.29) is 18.3 Å². The van der Waals surface area contributed by atoms with Gasteiger partial charge in [0.25, 0.3) is 0 Å². The van der Waals surface area contributed by atoms with Crippen molar-refractivity contribution in [2.24, 2.45) is 0 Å². The molecular formula is C24H23N5O4S. The zero-order valence-electron chi connectivity index (χ0n) is 18.7. The van der Waals surface area contributed by atoms with E-state index in [0.29, 0.717) is 34.4 Å². The summed E-state index contributed by atoms with van der Waals surface area (Å²) in [7, 11) is 0. The van der Waals surface area contributed by atoms with Crippen molar-refractivity contribution >= 4 is 35.0 Å². The van der Waals surface area contributed by atoms with Gasteiger partial charge in [0.15, 0.2) is 11.5 Å². The number of para-hydroxylation sites is 1. The normalized spacial score (nSPS) is 10.8. The van der Waals surface area contributed by atoms with Gasteiger partial charge in [0.1, 0.15) is 10.8 Å². The van der Waals surface area contributed by atoms with Crippen LogP contribution in [-0.4, -0.2) is 50.7 Å². The topological polar surface area (TPSA) is 108 Å². The molecule has 0 aliphatic heterocycles. The molecule has 1 N–H and O–H groups in total. The number of rotatable bonds is 9. The van der Waals surface area contributed by atoms with Crippen LogP contribution in [0.15, 0.2) is 65.7 Å². The molecule has 34 heavy (non-hydrogen) atoms. The predicted molar refractivity (Wildman–Crippen MR) is 129 cm³/mol. The van der Waals surface area contributed by atoms with Crippen LogP contribution in [0.25, 0.3) is 17.0 Å². The van der Waals surface area contributed by atoms with Crippen molar-refractivity contribution in [2.45, 2.75) is 18.9 Å². The fourth-order valence-electron chi connectivity index (χ4n) is 3.20. The number of nitrogens with zero attached hydrogens (tertiary/aromatic N) is 4. The van der Waals surface area contributed by atoms with E-state index in [1.54, 1.807) is 47.8 Å². The average Bonchev–Trinajstić information content (AvgIpc) is 3.27. The first-order valence-electron chi connectivity index (χ1n) is 10.7. The number of thioether (sulfide) groups is 1. The van der Waals surface area contributed by atoms with Gasteiger partial charge in [-0.05, 0) is 62.4 Å². The molecule has 1 amide bonds. The highest BCUT2D eigenvalue weighted by Gasteiger charge is 2.15. The molecule has 0 unspecified atom stereocenters. The molecule has 9 nitrogen and oxygen atoms in total. The molecule has 0 spiro atoms. The third kappa shape index (κ3) is 5.34. The van der Waals surface area contributed by atoms with Gasteiger partial charge in [0.05, 0.1) is 30.2 Å². The fraction of sp³-hybridized carbons (Fsp3) is 0.208. The summed E-state index contributed by atoms with van der Waals surface area (Å²) < 4.78 is 12.2. The molecule has 2 aromatic carbocycles. The molecule has 0 bridgehead atoms. The number of fused-ring (bicyclic) bond motifs is 1. The first-order chi connectivity index (χ1) is 16.6. The lowest BCUT2D eigenvalue weighted by Crippen LogP contribution is -2.17. The highest BCUT2D eigenvalue weighted by Crippen LogP contribution is 2.23. The Morgan fingerprint density at radius 2 is 1.76 bits per heavy atom. The minimum atomic E-state index is -0.479. The zero-order valence-corrected chi connectivity index (χ0v) is 19.5. The van der Waals surface area contributed by atoms with E-state index in [9.17, 15) is 9.59 Å². The molecular weight excluding hydrogens is 454 g/mol. The van der Waals surface area contributed by atoms with Crippen LogP contribution in [0, 0.1) is 0 Å².